The number of nitrogens with zero attached hydrogens (tertiary/aromatic N) is 2. The van der Waals surface area contributed by atoms with Gasteiger partial charge in [0, 0.05) is 6.57 Å². The number of anilines is 1. The predicted molar refractivity (Wildman–Crippen MR) is 41.9 cm³/mol. The summed E-state index contributed by atoms with van der Waals surface area (Å²) in [5.41, 5.74) is 5.31. The Balaban J connectivity index is 0.000000461. The van der Waals surface area contributed by atoms with Gasteiger partial charge in [0.1, 0.15) is 11.6 Å². The quantitative estimate of drug-likeness (QED) is 0.644. The molecule has 4 nitrogen and oxygen atoms in total. The average molecular weight is 151 g/mol. The zero-order valence-electron chi connectivity index (χ0n) is 6.19. The van der Waals surface area contributed by atoms with E-state index >= 15 is 0 Å². The van der Waals surface area contributed by atoms with Crippen molar-refractivity contribution in [3.63, 3.8) is 0 Å². The van der Waals surface area contributed by atoms with E-state index < -0.39 is 0 Å². The van der Waals surface area contributed by atoms with E-state index in [1.807, 2.05) is 0 Å². The average Bonchev–Trinajstić information content (AvgIpc) is 2.10. The third kappa shape index (κ3) is 3.06. The summed E-state index contributed by atoms with van der Waals surface area (Å²) >= 11 is 0. The van der Waals surface area contributed by atoms with Gasteiger partial charge in [0.2, 0.25) is 0 Å². The maximum absolute atomic E-state index is 6.50. The lowest BCUT2D eigenvalue weighted by Crippen LogP contribution is -1.89. The Hall–Kier alpha value is -1.76. The van der Waals surface area contributed by atoms with Crippen LogP contribution in [0.2, 0.25) is 0 Å². The highest BCUT2D eigenvalue weighted by Gasteiger charge is 1.87. The summed E-state index contributed by atoms with van der Waals surface area (Å²) in [7, 11) is 1.59. The molecule has 0 aliphatic rings. The standard InChI is InChI=1S/C6H8N2O.CHN/c1-9-5-2-3-6(7)8-4-5;1-2/h2-4H,1H3,(H2,7,8);1H. The van der Waals surface area contributed by atoms with E-state index in [1.54, 1.807) is 25.4 Å². The second kappa shape index (κ2) is 5.06. The molecular weight excluding hydrogens is 142 g/mol. The number of aromatic nitrogens is 1. The van der Waals surface area contributed by atoms with Gasteiger partial charge in [-0.1, -0.05) is 0 Å². The van der Waals surface area contributed by atoms with Crippen molar-refractivity contribution >= 4 is 5.82 Å². The molecule has 0 amide bonds. The molecule has 1 aromatic heterocycles. The number of methoxy groups -OCH3 is 1. The van der Waals surface area contributed by atoms with Crippen molar-refractivity contribution in [2.24, 2.45) is 0 Å². The Kier molecular flexibility index (Phi) is 4.25. The van der Waals surface area contributed by atoms with E-state index in [2.05, 4.69) is 11.6 Å². The van der Waals surface area contributed by atoms with Crippen molar-refractivity contribution in [2.75, 3.05) is 12.8 Å². The maximum Gasteiger partial charge on any atom is 0.137 e. The first-order chi connectivity index (χ1) is 5.33. The van der Waals surface area contributed by atoms with Gasteiger partial charge < -0.3 is 10.5 Å². The van der Waals surface area contributed by atoms with E-state index in [9.17, 15) is 0 Å². The molecule has 11 heavy (non-hydrogen) atoms. The fraction of sp³-hybridized carbons (Fsp3) is 0.143. The molecule has 0 atom stereocenters. The first kappa shape index (κ1) is 9.24. The van der Waals surface area contributed by atoms with Gasteiger partial charge in [-0.2, -0.15) is 0 Å². The number of nitriles is 1. The fourth-order valence-corrected chi connectivity index (χ4v) is 0.512. The van der Waals surface area contributed by atoms with Crippen LogP contribution >= 0.6 is 0 Å². The SMILES string of the molecule is C#N.COc1ccc(N)nc1. The molecule has 0 bridgehead atoms. The van der Waals surface area contributed by atoms with Crippen LogP contribution in [0.3, 0.4) is 0 Å². The van der Waals surface area contributed by atoms with Crippen molar-refractivity contribution in [2.45, 2.75) is 0 Å². The van der Waals surface area contributed by atoms with Crippen LogP contribution in [-0.2, 0) is 0 Å². The van der Waals surface area contributed by atoms with Crippen LogP contribution in [0.15, 0.2) is 18.3 Å². The zero-order chi connectivity index (χ0) is 8.69. The molecule has 4 heteroatoms. The lowest BCUT2D eigenvalue weighted by atomic mass is 10.4. The molecule has 1 rings (SSSR count). The molecular formula is C7H9N3O. The van der Waals surface area contributed by atoms with Crippen LogP contribution in [0.5, 0.6) is 5.75 Å². The fourth-order valence-electron chi connectivity index (χ4n) is 0.512. The first-order valence-electron chi connectivity index (χ1n) is 2.84. The van der Waals surface area contributed by atoms with Crippen LogP contribution in [0, 0.1) is 11.8 Å². The van der Waals surface area contributed by atoms with Crippen LogP contribution in [-0.4, -0.2) is 12.1 Å². The summed E-state index contributed by atoms with van der Waals surface area (Å²) in [4.78, 5) is 3.80. The third-order valence-corrected chi connectivity index (χ3v) is 0.995. The summed E-state index contributed by atoms with van der Waals surface area (Å²) in [6.07, 6.45) is 1.58. The second-order valence-corrected chi connectivity index (χ2v) is 1.62. The Morgan fingerprint density at radius 2 is 2.18 bits per heavy atom. The van der Waals surface area contributed by atoms with Gasteiger partial charge in [0.15, 0.2) is 0 Å². The van der Waals surface area contributed by atoms with Crippen molar-refractivity contribution < 1.29 is 4.74 Å². The molecule has 0 fully saturated rings. The third-order valence-electron chi connectivity index (χ3n) is 0.995. The monoisotopic (exact) mass is 151 g/mol. The summed E-state index contributed by atoms with van der Waals surface area (Å²) in [5.74, 6) is 1.24. The molecule has 0 unspecified atom stereocenters. The highest BCUT2D eigenvalue weighted by Crippen LogP contribution is 2.07. The summed E-state index contributed by atoms with van der Waals surface area (Å²) in [5, 5.41) is 6.50. The van der Waals surface area contributed by atoms with Gasteiger partial charge >= 0.3 is 0 Å². The Morgan fingerprint density at radius 1 is 1.55 bits per heavy atom. The molecule has 1 heterocycles. The molecule has 0 radical (unpaired) electrons. The number of nitrogens with two attached hydrogens (primary N) is 1. The lowest BCUT2D eigenvalue weighted by Gasteiger charge is -1.96. The van der Waals surface area contributed by atoms with Gasteiger partial charge in [-0.15, -0.1) is 0 Å². The zero-order valence-corrected chi connectivity index (χ0v) is 6.19. The molecule has 0 aromatic carbocycles. The van der Waals surface area contributed by atoms with E-state index in [-0.39, 0.29) is 0 Å². The maximum atomic E-state index is 6.50. The Labute approximate surface area is 65.2 Å². The summed E-state index contributed by atoms with van der Waals surface area (Å²) < 4.78 is 4.85. The normalized spacial score (nSPS) is 7.55. The number of rotatable bonds is 1. The van der Waals surface area contributed by atoms with Gasteiger partial charge in [-0.25, -0.2) is 10.2 Å². The molecule has 1 aromatic rings. The molecule has 0 spiro atoms. The van der Waals surface area contributed by atoms with Crippen molar-refractivity contribution in [3.05, 3.63) is 18.3 Å². The Bertz CT molecular complexity index is 217. The minimum Gasteiger partial charge on any atom is -0.495 e. The van der Waals surface area contributed by atoms with E-state index in [0.717, 1.165) is 5.75 Å². The van der Waals surface area contributed by atoms with Gasteiger partial charge in [-0.3, -0.25) is 0 Å². The Morgan fingerprint density at radius 3 is 2.55 bits per heavy atom. The lowest BCUT2D eigenvalue weighted by molar-refractivity contribution is 0.413. The molecule has 58 valence electrons. The van der Waals surface area contributed by atoms with E-state index in [1.165, 1.54) is 0 Å². The van der Waals surface area contributed by atoms with E-state index in [0.29, 0.717) is 5.82 Å². The van der Waals surface area contributed by atoms with Gasteiger partial charge in [0.05, 0.1) is 13.3 Å². The van der Waals surface area contributed by atoms with Crippen LogP contribution in [0.1, 0.15) is 0 Å². The minimum absolute atomic E-state index is 0.510. The number of hydrogen-bond donors (Lipinski definition) is 1. The highest BCUT2D eigenvalue weighted by atomic mass is 16.5. The van der Waals surface area contributed by atoms with Crippen LogP contribution < -0.4 is 10.5 Å². The number of pyridine rings is 1. The molecule has 0 saturated heterocycles. The largest absolute Gasteiger partial charge is 0.495 e. The molecule has 2 N–H and O–H groups in total. The molecule has 0 aliphatic carbocycles. The van der Waals surface area contributed by atoms with Gasteiger partial charge in [-0.05, 0) is 12.1 Å². The second-order valence-electron chi connectivity index (χ2n) is 1.62. The number of ether oxygens (including phenoxy) is 1. The first-order valence-corrected chi connectivity index (χ1v) is 2.84. The van der Waals surface area contributed by atoms with Crippen molar-refractivity contribution in [1.29, 1.82) is 5.26 Å². The van der Waals surface area contributed by atoms with Crippen molar-refractivity contribution in [1.82, 2.24) is 4.98 Å². The number of hydrogen-bond acceptors (Lipinski definition) is 4. The van der Waals surface area contributed by atoms with Gasteiger partial charge in [0.25, 0.3) is 0 Å². The minimum atomic E-state index is 0.510. The molecule has 0 saturated carbocycles. The summed E-state index contributed by atoms with van der Waals surface area (Å²) in [6, 6.07) is 3.46. The van der Waals surface area contributed by atoms with Crippen LogP contribution in [0.25, 0.3) is 0 Å². The topological polar surface area (TPSA) is 71.9 Å². The van der Waals surface area contributed by atoms with Crippen LogP contribution in [0.4, 0.5) is 5.82 Å². The molecule has 0 aliphatic heterocycles. The van der Waals surface area contributed by atoms with E-state index in [4.69, 9.17) is 15.7 Å². The summed E-state index contributed by atoms with van der Waals surface area (Å²) in [6.45, 7) is 3.50. The smallest absolute Gasteiger partial charge is 0.137 e. The van der Waals surface area contributed by atoms with Crippen molar-refractivity contribution in [3.8, 4) is 12.3 Å². The number of nitrogen functional groups attached to an aromatic ring is 1. The predicted octanol–water partition coefficient (Wildman–Crippen LogP) is 0.812. The highest BCUT2D eigenvalue weighted by molar-refractivity contribution is 5.31.